The van der Waals surface area contributed by atoms with Gasteiger partial charge in [0.15, 0.2) is 5.13 Å². The number of nitrogens with one attached hydrogen (secondary N) is 2. The molecule has 2 heterocycles. The molecule has 2 aliphatic rings. The van der Waals surface area contributed by atoms with E-state index < -0.39 is 11.7 Å². The lowest BCUT2D eigenvalue weighted by Gasteiger charge is -2.25. The highest BCUT2D eigenvalue weighted by Gasteiger charge is 2.34. The van der Waals surface area contributed by atoms with Crippen molar-refractivity contribution < 1.29 is 23.9 Å². The second-order valence-electron chi connectivity index (χ2n) is 8.70. The zero-order valence-electron chi connectivity index (χ0n) is 17.9. The van der Waals surface area contributed by atoms with Crippen LogP contribution in [-0.4, -0.2) is 66.2 Å². The van der Waals surface area contributed by atoms with Gasteiger partial charge in [-0.05, 0) is 33.6 Å². The number of hydrogen-bond acceptors (Lipinski definition) is 7. The SMILES string of the molecule is COCCN1C[C@H](C(=O)Nc2nc3c(s2)C[C@@H](NC(=O)OC(C)(C)C)CC3)CC1=O. The van der Waals surface area contributed by atoms with Crippen LogP contribution in [0.2, 0.25) is 0 Å². The smallest absolute Gasteiger partial charge is 0.407 e. The molecule has 10 heteroatoms. The maximum absolute atomic E-state index is 12.6. The van der Waals surface area contributed by atoms with Gasteiger partial charge in [0.1, 0.15) is 5.60 Å². The van der Waals surface area contributed by atoms with Crippen LogP contribution in [0.1, 0.15) is 44.2 Å². The summed E-state index contributed by atoms with van der Waals surface area (Å²) in [5.41, 5.74) is 0.425. The summed E-state index contributed by atoms with van der Waals surface area (Å²) in [5.74, 6) is -0.587. The van der Waals surface area contributed by atoms with Crippen LogP contribution in [0.25, 0.3) is 0 Å². The summed E-state index contributed by atoms with van der Waals surface area (Å²) in [5, 5.41) is 6.33. The Kier molecular flexibility index (Phi) is 6.97. The highest BCUT2D eigenvalue weighted by molar-refractivity contribution is 7.15. The molecule has 1 aromatic heterocycles. The molecule has 0 unspecified atom stereocenters. The standard InChI is InChI=1S/C20H30N4O5S/c1-20(2,3)29-19(27)21-13-5-6-14-15(10-13)30-18(22-14)23-17(26)12-9-16(25)24(11-12)7-8-28-4/h12-13H,5-11H2,1-4H3,(H,21,27)(H,22,23,26)/t12-,13+/m1/s1. The summed E-state index contributed by atoms with van der Waals surface area (Å²) in [4.78, 5) is 43.9. The number of aromatic nitrogens is 1. The zero-order chi connectivity index (χ0) is 21.9. The van der Waals surface area contributed by atoms with E-state index in [0.717, 1.165) is 23.4 Å². The average Bonchev–Trinajstić information content (AvgIpc) is 3.20. The molecule has 0 radical (unpaired) electrons. The van der Waals surface area contributed by atoms with Gasteiger partial charge in [0.25, 0.3) is 0 Å². The van der Waals surface area contributed by atoms with Crippen molar-refractivity contribution in [3.05, 3.63) is 10.6 Å². The van der Waals surface area contributed by atoms with Crippen molar-refractivity contribution in [2.75, 3.05) is 32.1 Å². The maximum Gasteiger partial charge on any atom is 0.407 e. The highest BCUT2D eigenvalue weighted by atomic mass is 32.1. The fourth-order valence-corrected chi connectivity index (χ4v) is 4.69. The van der Waals surface area contributed by atoms with Crippen LogP contribution in [0.15, 0.2) is 0 Å². The number of ether oxygens (including phenoxy) is 2. The monoisotopic (exact) mass is 438 g/mol. The minimum atomic E-state index is -0.535. The van der Waals surface area contributed by atoms with Gasteiger partial charge in [-0.2, -0.15) is 0 Å². The Labute approximate surface area is 180 Å². The van der Waals surface area contributed by atoms with E-state index in [9.17, 15) is 14.4 Å². The van der Waals surface area contributed by atoms with Crippen molar-refractivity contribution in [2.45, 2.75) is 58.1 Å². The van der Waals surface area contributed by atoms with Gasteiger partial charge in [-0.1, -0.05) is 0 Å². The number of anilines is 1. The van der Waals surface area contributed by atoms with Crippen LogP contribution < -0.4 is 10.6 Å². The fraction of sp³-hybridized carbons (Fsp3) is 0.700. The average molecular weight is 439 g/mol. The number of alkyl carbamates (subject to hydrolysis) is 1. The van der Waals surface area contributed by atoms with Crippen LogP contribution in [0.5, 0.6) is 0 Å². The number of carbonyl (C=O) groups is 3. The van der Waals surface area contributed by atoms with E-state index in [-0.39, 0.29) is 30.2 Å². The number of aryl methyl sites for hydroxylation is 1. The van der Waals surface area contributed by atoms with Gasteiger partial charge in [-0.15, -0.1) is 11.3 Å². The number of rotatable bonds is 6. The number of hydrogen-bond donors (Lipinski definition) is 2. The zero-order valence-corrected chi connectivity index (χ0v) is 18.8. The molecule has 9 nitrogen and oxygen atoms in total. The normalized spacial score (nSPS) is 21.3. The molecule has 0 bridgehead atoms. The van der Waals surface area contributed by atoms with Crippen molar-refractivity contribution in [3.63, 3.8) is 0 Å². The third-order valence-electron chi connectivity index (χ3n) is 5.04. The topological polar surface area (TPSA) is 110 Å². The Morgan fingerprint density at radius 1 is 1.30 bits per heavy atom. The summed E-state index contributed by atoms with van der Waals surface area (Å²) in [7, 11) is 1.59. The van der Waals surface area contributed by atoms with E-state index in [2.05, 4.69) is 15.6 Å². The quantitative estimate of drug-likeness (QED) is 0.703. The summed E-state index contributed by atoms with van der Waals surface area (Å²) in [6.07, 6.45) is 1.96. The summed E-state index contributed by atoms with van der Waals surface area (Å²) < 4.78 is 10.3. The first-order valence-corrected chi connectivity index (χ1v) is 11.0. The third-order valence-corrected chi connectivity index (χ3v) is 6.08. The Hall–Kier alpha value is -2.20. The lowest BCUT2D eigenvalue weighted by Crippen LogP contribution is -2.41. The molecule has 0 aromatic carbocycles. The van der Waals surface area contributed by atoms with Crippen LogP contribution in [0.3, 0.4) is 0 Å². The van der Waals surface area contributed by atoms with E-state index in [1.54, 1.807) is 12.0 Å². The molecule has 3 rings (SSSR count). The van der Waals surface area contributed by atoms with Gasteiger partial charge in [-0.25, -0.2) is 9.78 Å². The molecule has 1 fully saturated rings. The molecule has 2 atom stereocenters. The van der Waals surface area contributed by atoms with E-state index in [1.165, 1.54) is 11.3 Å². The molecule has 2 N–H and O–H groups in total. The van der Waals surface area contributed by atoms with Crippen molar-refractivity contribution in [3.8, 4) is 0 Å². The van der Waals surface area contributed by atoms with Crippen molar-refractivity contribution in [1.29, 1.82) is 0 Å². The Bertz CT molecular complexity index is 804. The molecule has 166 valence electrons. The summed E-state index contributed by atoms with van der Waals surface area (Å²) >= 11 is 1.43. The molecule has 0 spiro atoms. The minimum absolute atomic E-state index is 0.0156. The molecule has 3 amide bonds. The summed E-state index contributed by atoms with van der Waals surface area (Å²) in [6.45, 7) is 6.85. The van der Waals surface area contributed by atoms with Gasteiger partial charge < -0.3 is 25.0 Å². The number of carbonyl (C=O) groups excluding carboxylic acids is 3. The lowest BCUT2D eigenvalue weighted by molar-refractivity contribution is -0.128. The molecule has 1 aromatic rings. The second-order valence-corrected chi connectivity index (χ2v) is 9.78. The Morgan fingerprint density at radius 2 is 2.07 bits per heavy atom. The van der Waals surface area contributed by atoms with Gasteiger partial charge >= 0.3 is 6.09 Å². The first-order chi connectivity index (χ1) is 14.1. The van der Waals surface area contributed by atoms with Gasteiger partial charge in [0.2, 0.25) is 11.8 Å². The van der Waals surface area contributed by atoms with Gasteiger partial charge in [-0.3, -0.25) is 9.59 Å². The van der Waals surface area contributed by atoms with E-state index >= 15 is 0 Å². The predicted octanol–water partition coefficient (Wildman–Crippen LogP) is 1.96. The third kappa shape index (κ3) is 5.91. The van der Waals surface area contributed by atoms with E-state index in [0.29, 0.717) is 31.2 Å². The molecular weight excluding hydrogens is 408 g/mol. The molecule has 30 heavy (non-hydrogen) atoms. The van der Waals surface area contributed by atoms with E-state index in [4.69, 9.17) is 9.47 Å². The van der Waals surface area contributed by atoms with Gasteiger partial charge in [0.05, 0.1) is 18.2 Å². The van der Waals surface area contributed by atoms with Crippen molar-refractivity contribution in [2.24, 2.45) is 5.92 Å². The number of methoxy groups -OCH3 is 1. The Morgan fingerprint density at radius 3 is 2.77 bits per heavy atom. The molecule has 0 saturated carbocycles. The largest absolute Gasteiger partial charge is 0.444 e. The first-order valence-electron chi connectivity index (χ1n) is 10.2. The number of amides is 3. The van der Waals surface area contributed by atoms with Crippen molar-refractivity contribution >= 4 is 34.4 Å². The molecular formula is C20H30N4O5S. The Balaban J connectivity index is 1.53. The van der Waals surface area contributed by atoms with Crippen molar-refractivity contribution in [1.82, 2.24) is 15.2 Å². The second kappa shape index (κ2) is 9.30. The van der Waals surface area contributed by atoms with Gasteiger partial charge in [0, 0.05) is 44.0 Å². The summed E-state index contributed by atoms with van der Waals surface area (Å²) in [6, 6.07) is -0.0156. The number of likely N-dealkylation sites (tertiary alicyclic amines) is 1. The highest BCUT2D eigenvalue weighted by Crippen LogP contribution is 2.31. The number of fused-ring (bicyclic) bond motifs is 1. The minimum Gasteiger partial charge on any atom is -0.444 e. The molecule has 1 saturated heterocycles. The lowest BCUT2D eigenvalue weighted by atomic mass is 9.98. The van der Waals surface area contributed by atoms with E-state index in [1.807, 2.05) is 20.8 Å². The fourth-order valence-electron chi connectivity index (χ4n) is 3.60. The van der Waals surface area contributed by atoms with Crippen LogP contribution >= 0.6 is 11.3 Å². The number of thiazole rings is 1. The van der Waals surface area contributed by atoms with Crippen LogP contribution in [0, 0.1) is 5.92 Å². The molecule has 1 aliphatic heterocycles. The molecule has 1 aliphatic carbocycles. The predicted molar refractivity (Wildman–Crippen MR) is 112 cm³/mol. The van der Waals surface area contributed by atoms with Crippen LogP contribution in [-0.2, 0) is 31.9 Å². The van der Waals surface area contributed by atoms with Crippen LogP contribution in [0.4, 0.5) is 9.93 Å². The first kappa shape index (κ1) is 22.5. The maximum atomic E-state index is 12.6. The number of nitrogens with zero attached hydrogens (tertiary/aromatic N) is 2.